The molecule has 0 aliphatic heterocycles. The molecule has 4 N–H and O–H groups in total. The number of hydrogen-bond acceptors (Lipinski definition) is 8. The number of ketones is 4. The van der Waals surface area contributed by atoms with Gasteiger partial charge in [-0.2, -0.15) is 52.7 Å². The average Bonchev–Trinajstić information content (AvgIpc) is 2.64. The van der Waals surface area contributed by atoms with Crippen molar-refractivity contribution in [2.75, 3.05) is 0 Å². The molecule has 0 spiro atoms. The van der Waals surface area contributed by atoms with Crippen LogP contribution in [0.5, 0.6) is 0 Å². The summed E-state index contributed by atoms with van der Waals surface area (Å²) in [6.07, 6.45) is -18.8. The Balaban J connectivity index is -0.000000139. The van der Waals surface area contributed by atoms with Crippen molar-refractivity contribution in [1.82, 2.24) is 0 Å². The van der Waals surface area contributed by atoms with Crippen LogP contribution in [0.15, 0.2) is 47.3 Å². The maximum absolute atomic E-state index is 11.3. The van der Waals surface area contributed by atoms with Gasteiger partial charge in [-0.3, -0.25) is 19.2 Å². The molecule has 8 nitrogen and oxygen atoms in total. The summed E-state index contributed by atoms with van der Waals surface area (Å²) in [4.78, 5) is 39.9. The fraction of sp³-hybridized carbons (Fsp3) is 0.400. The number of rotatable bonds is 4. The van der Waals surface area contributed by atoms with Crippen LogP contribution in [-0.4, -0.2) is 68.3 Å². The molecule has 0 radical (unpaired) electrons. The standard InChI is InChI=1S/4C5H5F3O2.Zr/c4*1-3(9)2-4(10)5(6,7)8;/h4*2,10H,1H3;. The van der Waals surface area contributed by atoms with E-state index in [2.05, 4.69) is 0 Å². The van der Waals surface area contributed by atoms with Crippen LogP contribution in [0.3, 0.4) is 0 Å². The minimum absolute atomic E-state index is 0. The Morgan fingerprint density at radius 1 is 0.390 bits per heavy atom. The fourth-order valence-electron chi connectivity index (χ4n) is 1.10. The van der Waals surface area contributed by atoms with Gasteiger partial charge in [0.15, 0.2) is 23.1 Å². The number of halogens is 12. The van der Waals surface area contributed by atoms with Crippen molar-refractivity contribution in [3.63, 3.8) is 0 Å². The van der Waals surface area contributed by atoms with E-state index in [-0.39, 0.29) is 50.5 Å². The Hall–Kier alpha value is -3.12. The third kappa shape index (κ3) is 33.0. The topological polar surface area (TPSA) is 149 Å². The SMILES string of the molecule is CC(=O)C=C(O)C(F)(F)F.CC(=O)C=C(O)C(F)(F)F.CC(=O)C=C(O)C(F)(F)F.CC(=O)C=C(O)C(F)(F)F.[Zr]. The number of carbonyl (C=O) groups excluding carboxylic acids is 4. The maximum atomic E-state index is 11.3. The van der Waals surface area contributed by atoms with Crippen LogP contribution in [-0.2, 0) is 45.4 Å². The number of carbonyl (C=O) groups is 4. The summed E-state index contributed by atoms with van der Waals surface area (Å²) >= 11 is 0. The van der Waals surface area contributed by atoms with Crippen LogP contribution in [0.1, 0.15) is 27.7 Å². The molecule has 0 bridgehead atoms. The summed E-state index contributed by atoms with van der Waals surface area (Å²) in [6, 6.07) is 0. The maximum Gasteiger partial charge on any atom is 0.448 e. The van der Waals surface area contributed by atoms with E-state index >= 15 is 0 Å². The molecule has 0 rings (SSSR count). The van der Waals surface area contributed by atoms with Crippen molar-refractivity contribution in [1.29, 1.82) is 0 Å². The minimum atomic E-state index is -4.81. The Morgan fingerprint density at radius 2 is 0.488 bits per heavy atom. The molecule has 0 unspecified atom stereocenters. The Bertz CT molecular complexity index is 840. The molecule has 0 saturated carbocycles. The third-order valence-electron chi connectivity index (χ3n) is 2.52. The van der Waals surface area contributed by atoms with Crippen molar-refractivity contribution >= 4 is 23.1 Å². The second-order valence-corrected chi connectivity index (χ2v) is 6.55. The summed E-state index contributed by atoms with van der Waals surface area (Å²) in [6.45, 7) is 3.67. The van der Waals surface area contributed by atoms with E-state index in [0.29, 0.717) is 0 Å². The zero-order chi connectivity index (χ0) is 33.4. The number of aliphatic hydroxyl groups is 4. The molecule has 0 aromatic heterocycles. The molecule has 0 aromatic rings. The van der Waals surface area contributed by atoms with Crippen molar-refractivity contribution in [2.45, 2.75) is 52.4 Å². The van der Waals surface area contributed by atoms with E-state index in [1.54, 1.807) is 0 Å². The van der Waals surface area contributed by atoms with E-state index < -0.39 is 70.9 Å². The van der Waals surface area contributed by atoms with Crippen molar-refractivity contribution in [2.24, 2.45) is 0 Å². The summed E-state index contributed by atoms with van der Waals surface area (Å²) < 4.78 is 136. The molecule has 21 heteroatoms. The number of aliphatic hydroxyl groups excluding tert-OH is 4. The van der Waals surface area contributed by atoms with Crippen LogP contribution >= 0.6 is 0 Å². The molecule has 0 fully saturated rings. The van der Waals surface area contributed by atoms with Crippen molar-refractivity contribution < 1.29 is 118 Å². The predicted octanol–water partition coefficient (Wildman–Crippen LogP) is 6.32. The molecule has 0 heterocycles. The molecular weight excluding hydrogens is 687 g/mol. The number of hydrogen-bond donors (Lipinski definition) is 4. The van der Waals surface area contributed by atoms with Gasteiger partial charge in [-0.25, -0.2) is 0 Å². The Morgan fingerprint density at radius 3 is 0.512 bits per heavy atom. The minimum Gasteiger partial charge on any atom is -0.504 e. The van der Waals surface area contributed by atoms with Crippen LogP contribution in [0, 0.1) is 0 Å². The summed E-state index contributed by atoms with van der Waals surface area (Å²) in [5, 5.41) is 32.3. The molecule has 0 atom stereocenters. The van der Waals surface area contributed by atoms with Gasteiger partial charge in [0, 0.05) is 50.5 Å². The smallest absolute Gasteiger partial charge is 0.448 e. The molecule has 236 valence electrons. The van der Waals surface area contributed by atoms with E-state index in [9.17, 15) is 71.9 Å². The van der Waals surface area contributed by atoms with Gasteiger partial charge in [-0.1, -0.05) is 0 Å². The van der Waals surface area contributed by atoms with E-state index in [0.717, 1.165) is 27.7 Å². The van der Waals surface area contributed by atoms with Crippen LogP contribution in [0.25, 0.3) is 0 Å². The first-order valence-electron chi connectivity index (χ1n) is 9.29. The van der Waals surface area contributed by atoms with Crippen molar-refractivity contribution in [3.05, 3.63) is 47.3 Å². The Labute approximate surface area is 241 Å². The molecular formula is C20H20F12O8Zr. The van der Waals surface area contributed by atoms with E-state index in [1.165, 1.54) is 0 Å². The number of allylic oxidation sites excluding steroid dienone is 8. The quantitative estimate of drug-likeness (QED) is 0.151. The van der Waals surface area contributed by atoms with Gasteiger partial charge in [-0.15, -0.1) is 0 Å². The van der Waals surface area contributed by atoms with Gasteiger partial charge in [0.25, 0.3) is 0 Å². The first kappa shape index (κ1) is 47.7. The van der Waals surface area contributed by atoms with E-state index in [1.807, 2.05) is 0 Å². The molecule has 0 amide bonds. The molecule has 0 aliphatic carbocycles. The predicted molar refractivity (Wildman–Crippen MR) is 110 cm³/mol. The van der Waals surface area contributed by atoms with Gasteiger partial charge < -0.3 is 20.4 Å². The monoisotopic (exact) mass is 706 g/mol. The molecule has 41 heavy (non-hydrogen) atoms. The van der Waals surface area contributed by atoms with Crippen LogP contribution < -0.4 is 0 Å². The fourth-order valence-corrected chi connectivity index (χ4v) is 1.10. The molecule has 0 aliphatic rings. The van der Waals surface area contributed by atoms with Crippen molar-refractivity contribution in [3.8, 4) is 0 Å². The molecule has 0 aromatic carbocycles. The zero-order valence-electron chi connectivity index (χ0n) is 20.8. The normalized spacial score (nSPS) is 13.1. The Kier molecular flexibility index (Phi) is 23.1. The zero-order valence-corrected chi connectivity index (χ0v) is 23.2. The summed E-state index contributed by atoms with van der Waals surface area (Å²) in [5.74, 6) is -10.8. The summed E-state index contributed by atoms with van der Waals surface area (Å²) in [7, 11) is 0. The van der Waals surface area contributed by atoms with Gasteiger partial charge >= 0.3 is 24.7 Å². The summed E-state index contributed by atoms with van der Waals surface area (Å²) in [5.41, 5.74) is 0. The third-order valence-corrected chi connectivity index (χ3v) is 2.52. The van der Waals surface area contributed by atoms with Crippen LogP contribution in [0.2, 0.25) is 0 Å². The van der Waals surface area contributed by atoms with E-state index in [4.69, 9.17) is 20.4 Å². The molecule has 0 saturated heterocycles. The van der Waals surface area contributed by atoms with Gasteiger partial charge in [-0.05, 0) is 27.7 Å². The van der Waals surface area contributed by atoms with Gasteiger partial charge in [0.1, 0.15) is 0 Å². The second kappa shape index (κ2) is 19.9. The first-order chi connectivity index (χ1) is 17.3. The van der Waals surface area contributed by atoms with Gasteiger partial charge in [0.05, 0.1) is 0 Å². The second-order valence-electron chi connectivity index (χ2n) is 6.55. The number of alkyl halides is 12. The van der Waals surface area contributed by atoms with Crippen LogP contribution in [0.4, 0.5) is 52.7 Å². The average molecular weight is 708 g/mol. The first-order valence-corrected chi connectivity index (χ1v) is 9.29. The van der Waals surface area contributed by atoms with Gasteiger partial charge in [0.2, 0.25) is 23.0 Å². The largest absolute Gasteiger partial charge is 0.504 e.